The lowest BCUT2D eigenvalue weighted by Gasteiger charge is -2.06. The maximum absolute atomic E-state index is 13.1. The van der Waals surface area contributed by atoms with E-state index in [1.54, 1.807) is 12.1 Å². The van der Waals surface area contributed by atoms with Gasteiger partial charge < -0.3 is 4.42 Å². The smallest absolute Gasteiger partial charge is 0.201 e. The summed E-state index contributed by atoms with van der Waals surface area (Å²) >= 11 is 0. The van der Waals surface area contributed by atoms with Crippen LogP contribution in [0.25, 0.3) is 11.0 Å². The SMILES string of the molecule is CCC1CCC(C(=O)c2cc3cc(F)ccc3o2)C1. The summed E-state index contributed by atoms with van der Waals surface area (Å²) in [5, 5.41) is 0.661. The van der Waals surface area contributed by atoms with Crippen molar-refractivity contribution in [1.29, 1.82) is 0 Å². The van der Waals surface area contributed by atoms with Gasteiger partial charge in [0.1, 0.15) is 11.4 Å². The lowest BCUT2D eigenvalue weighted by Crippen LogP contribution is -2.10. The number of carbonyl (C=O) groups excluding carboxylic acids is 1. The van der Waals surface area contributed by atoms with Crippen LogP contribution in [0.2, 0.25) is 0 Å². The van der Waals surface area contributed by atoms with Gasteiger partial charge in [-0.1, -0.05) is 13.3 Å². The molecule has 100 valence electrons. The van der Waals surface area contributed by atoms with E-state index in [0.717, 1.165) is 25.7 Å². The van der Waals surface area contributed by atoms with E-state index in [2.05, 4.69) is 6.92 Å². The molecule has 1 saturated carbocycles. The van der Waals surface area contributed by atoms with Crippen LogP contribution >= 0.6 is 0 Å². The fourth-order valence-electron chi connectivity index (χ4n) is 3.02. The van der Waals surface area contributed by atoms with Crippen molar-refractivity contribution < 1.29 is 13.6 Å². The maximum Gasteiger partial charge on any atom is 0.201 e. The predicted octanol–water partition coefficient (Wildman–Crippen LogP) is 4.58. The van der Waals surface area contributed by atoms with Crippen molar-refractivity contribution in [3.8, 4) is 0 Å². The average Bonchev–Trinajstić information content (AvgIpc) is 3.03. The van der Waals surface area contributed by atoms with Crippen LogP contribution in [0.5, 0.6) is 0 Å². The number of Topliss-reactive ketones (excluding diaryl/α,β-unsaturated/α-hetero) is 1. The molecule has 2 aromatic rings. The third kappa shape index (κ3) is 2.29. The Kier molecular flexibility index (Phi) is 3.13. The number of hydrogen-bond donors (Lipinski definition) is 0. The van der Waals surface area contributed by atoms with E-state index in [0.29, 0.717) is 22.6 Å². The number of hydrogen-bond acceptors (Lipinski definition) is 2. The first-order valence-corrected chi connectivity index (χ1v) is 6.90. The molecule has 0 N–H and O–H groups in total. The molecule has 1 aromatic carbocycles. The molecule has 2 nitrogen and oxygen atoms in total. The standard InChI is InChI=1S/C16H17FO2/c1-2-10-3-4-11(7-10)16(18)15-9-12-8-13(17)5-6-14(12)19-15/h5-6,8-11H,2-4,7H2,1H3. The van der Waals surface area contributed by atoms with Crippen molar-refractivity contribution in [1.82, 2.24) is 0 Å². The summed E-state index contributed by atoms with van der Waals surface area (Å²) in [6, 6.07) is 5.99. The van der Waals surface area contributed by atoms with E-state index in [1.165, 1.54) is 12.1 Å². The lowest BCUT2D eigenvalue weighted by atomic mass is 9.98. The molecule has 2 atom stereocenters. The second kappa shape index (κ2) is 4.80. The Morgan fingerprint density at radius 3 is 2.95 bits per heavy atom. The van der Waals surface area contributed by atoms with Crippen LogP contribution < -0.4 is 0 Å². The Morgan fingerprint density at radius 1 is 1.37 bits per heavy atom. The molecule has 0 aliphatic heterocycles. The summed E-state index contributed by atoms with van der Waals surface area (Å²) in [7, 11) is 0. The highest BCUT2D eigenvalue weighted by Crippen LogP contribution is 2.35. The van der Waals surface area contributed by atoms with Gasteiger partial charge >= 0.3 is 0 Å². The van der Waals surface area contributed by atoms with Gasteiger partial charge in [-0.25, -0.2) is 4.39 Å². The molecule has 1 aliphatic rings. The quantitative estimate of drug-likeness (QED) is 0.756. The highest BCUT2D eigenvalue weighted by atomic mass is 19.1. The van der Waals surface area contributed by atoms with E-state index in [-0.39, 0.29) is 17.5 Å². The minimum atomic E-state index is -0.306. The van der Waals surface area contributed by atoms with E-state index in [1.807, 2.05) is 0 Å². The third-order valence-electron chi connectivity index (χ3n) is 4.21. The highest BCUT2D eigenvalue weighted by Gasteiger charge is 2.31. The first kappa shape index (κ1) is 12.4. The molecule has 1 aromatic heterocycles. The van der Waals surface area contributed by atoms with Crippen molar-refractivity contribution in [2.45, 2.75) is 32.6 Å². The van der Waals surface area contributed by atoms with Crippen LogP contribution in [0.1, 0.15) is 43.2 Å². The third-order valence-corrected chi connectivity index (χ3v) is 4.21. The van der Waals surface area contributed by atoms with Gasteiger partial charge in [0.05, 0.1) is 0 Å². The summed E-state index contributed by atoms with van der Waals surface area (Å²) in [6.07, 6.45) is 4.17. The fourth-order valence-corrected chi connectivity index (χ4v) is 3.02. The molecule has 0 spiro atoms. The molecule has 3 rings (SSSR count). The summed E-state index contributed by atoms with van der Waals surface area (Å²) in [6.45, 7) is 2.17. The molecule has 0 saturated heterocycles. The van der Waals surface area contributed by atoms with Crippen molar-refractivity contribution in [2.75, 3.05) is 0 Å². The Labute approximate surface area is 111 Å². The molecule has 2 unspecified atom stereocenters. The molecule has 1 heterocycles. The molecule has 0 amide bonds. The van der Waals surface area contributed by atoms with Gasteiger partial charge in [0.25, 0.3) is 0 Å². The van der Waals surface area contributed by atoms with Crippen molar-refractivity contribution in [3.63, 3.8) is 0 Å². The number of rotatable bonds is 3. The second-order valence-corrected chi connectivity index (χ2v) is 5.44. The summed E-state index contributed by atoms with van der Waals surface area (Å²) < 4.78 is 18.7. The number of furan rings is 1. The highest BCUT2D eigenvalue weighted by molar-refractivity contribution is 5.99. The van der Waals surface area contributed by atoms with E-state index in [4.69, 9.17) is 4.42 Å². The van der Waals surface area contributed by atoms with Crippen LogP contribution in [0.4, 0.5) is 4.39 Å². The maximum atomic E-state index is 13.1. The summed E-state index contributed by atoms with van der Waals surface area (Å²) in [4.78, 5) is 12.4. The molecule has 0 radical (unpaired) electrons. The van der Waals surface area contributed by atoms with E-state index in [9.17, 15) is 9.18 Å². The number of ketones is 1. The normalized spacial score (nSPS) is 23.1. The minimum Gasteiger partial charge on any atom is -0.453 e. The van der Waals surface area contributed by atoms with Gasteiger partial charge in [-0.3, -0.25) is 4.79 Å². The average molecular weight is 260 g/mol. The Hall–Kier alpha value is -1.64. The van der Waals surface area contributed by atoms with Gasteiger partial charge in [-0.2, -0.15) is 0 Å². The van der Waals surface area contributed by atoms with E-state index < -0.39 is 0 Å². The van der Waals surface area contributed by atoms with Crippen molar-refractivity contribution >= 4 is 16.8 Å². The number of carbonyl (C=O) groups is 1. The molecule has 1 fully saturated rings. The Bertz CT molecular complexity index is 614. The number of benzene rings is 1. The van der Waals surface area contributed by atoms with Gasteiger partial charge in [0.2, 0.25) is 5.78 Å². The van der Waals surface area contributed by atoms with Crippen LogP contribution in [-0.4, -0.2) is 5.78 Å². The van der Waals surface area contributed by atoms with Crippen molar-refractivity contribution in [2.24, 2.45) is 11.8 Å². The zero-order valence-electron chi connectivity index (χ0n) is 11.0. The van der Waals surface area contributed by atoms with Crippen LogP contribution in [0, 0.1) is 17.7 Å². The van der Waals surface area contributed by atoms with Crippen LogP contribution in [-0.2, 0) is 0 Å². The van der Waals surface area contributed by atoms with Crippen LogP contribution in [0.3, 0.4) is 0 Å². The summed E-state index contributed by atoms with van der Waals surface area (Å²) in [5.41, 5.74) is 0.579. The number of fused-ring (bicyclic) bond motifs is 1. The van der Waals surface area contributed by atoms with Crippen molar-refractivity contribution in [3.05, 3.63) is 35.8 Å². The zero-order chi connectivity index (χ0) is 13.4. The van der Waals surface area contributed by atoms with Gasteiger partial charge in [-0.15, -0.1) is 0 Å². The first-order chi connectivity index (χ1) is 9.17. The largest absolute Gasteiger partial charge is 0.453 e. The van der Waals surface area contributed by atoms with E-state index >= 15 is 0 Å². The second-order valence-electron chi connectivity index (χ2n) is 5.44. The molecule has 3 heteroatoms. The Morgan fingerprint density at radius 2 is 2.21 bits per heavy atom. The van der Waals surface area contributed by atoms with Gasteiger partial charge in [0.15, 0.2) is 5.76 Å². The van der Waals surface area contributed by atoms with Gasteiger partial charge in [0, 0.05) is 11.3 Å². The molecular weight excluding hydrogens is 243 g/mol. The number of halogens is 1. The molecule has 0 bridgehead atoms. The van der Waals surface area contributed by atoms with Gasteiger partial charge in [-0.05, 0) is 49.4 Å². The monoisotopic (exact) mass is 260 g/mol. The minimum absolute atomic E-state index is 0.0764. The first-order valence-electron chi connectivity index (χ1n) is 6.90. The Balaban J connectivity index is 1.86. The predicted molar refractivity (Wildman–Crippen MR) is 71.6 cm³/mol. The molecule has 1 aliphatic carbocycles. The topological polar surface area (TPSA) is 30.2 Å². The molecular formula is C16H17FO2. The summed E-state index contributed by atoms with van der Waals surface area (Å²) in [5.74, 6) is 0.889. The lowest BCUT2D eigenvalue weighted by molar-refractivity contribution is 0.0893. The molecule has 19 heavy (non-hydrogen) atoms. The van der Waals surface area contributed by atoms with Crippen LogP contribution in [0.15, 0.2) is 28.7 Å². The fraction of sp³-hybridized carbons (Fsp3) is 0.438. The zero-order valence-corrected chi connectivity index (χ0v) is 11.0.